The Morgan fingerprint density at radius 2 is 1.05 bits per heavy atom. The molecule has 0 bridgehead atoms. The molecule has 0 heterocycles. The summed E-state index contributed by atoms with van der Waals surface area (Å²) in [5, 5.41) is -5.34. The second-order valence-electron chi connectivity index (χ2n) is 9.75. The van der Waals surface area contributed by atoms with E-state index in [1.165, 1.54) is 0 Å². The smallest absolute Gasteiger partial charge is 0.0619 e. The van der Waals surface area contributed by atoms with Crippen LogP contribution in [0.5, 0.6) is 0 Å². The van der Waals surface area contributed by atoms with Crippen LogP contribution in [0.4, 0.5) is 0 Å². The lowest BCUT2D eigenvalue weighted by molar-refractivity contribution is 0.660. The third kappa shape index (κ3) is 3.57. The molecule has 1 aliphatic carbocycles. The zero-order valence-electron chi connectivity index (χ0n) is 51.5. The van der Waals surface area contributed by atoms with Crippen molar-refractivity contribution in [1.29, 1.82) is 0 Å². The summed E-state index contributed by atoms with van der Waals surface area (Å²) in [6, 6.07) is -23.9. The Kier molecular flexibility index (Phi) is 1.84. The van der Waals surface area contributed by atoms with Gasteiger partial charge < -0.3 is 0 Å². The van der Waals surface area contributed by atoms with Crippen molar-refractivity contribution in [2.75, 3.05) is 0 Å². The molecule has 0 aromatic heterocycles. The number of rotatable bonds is 2. The lowest BCUT2D eigenvalue weighted by Crippen LogP contribution is -2.14. The molecule has 0 radical (unpaired) electrons. The first kappa shape index (κ1) is 8.91. The molecule has 0 saturated heterocycles. The third-order valence-corrected chi connectivity index (χ3v) is 7.31. The Balaban J connectivity index is 1.49. The summed E-state index contributed by atoms with van der Waals surface area (Å²) >= 11 is 0. The van der Waals surface area contributed by atoms with Gasteiger partial charge in [0, 0.05) is 13.6 Å². The van der Waals surface area contributed by atoms with Crippen molar-refractivity contribution in [2.24, 2.45) is 0 Å². The van der Waals surface area contributed by atoms with Crippen molar-refractivity contribution in [2.45, 2.75) is 19.1 Å². The van der Waals surface area contributed by atoms with Gasteiger partial charge in [-0.3, -0.25) is 0 Å². The summed E-state index contributed by atoms with van der Waals surface area (Å²) in [6.45, 7) is -7.66. The van der Waals surface area contributed by atoms with Crippen molar-refractivity contribution < 1.29 is 41.1 Å². The predicted octanol–water partition coefficient (Wildman–Crippen LogP) is 11.9. The van der Waals surface area contributed by atoms with Crippen molar-refractivity contribution in [3.63, 3.8) is 0 Å². The molecule has 0 saturated carbocycles. The van der Waals surface area contributed by atoms with Crippen LogP contribution in [-0.4, -0.2) is 0 Å². The summed E-state index contributed by atoms with van der Waals surface area (Å²) in [5.74, 6) is 0. The minimum atomic E-state index is -3.83. The Hall–Kier alpha value is -5.20. The highest BCUT2D eigenvalue weighted by Crippen LogP contribution is 2.49. The summed E-state index contributed by atoms with van der Waals surface area (Å²) in [5.41, 5.74) is -10.9. The molecule has 8 aromatic carbocycles. The van der Waals surface area contributed by atoms with E-state index in [2.05, 4.69) is 0 Å². The fraction of sp³-hybridized carbons (Fsp3) is 0.0698. The minimum Gasteiger partial charge on any atom is -0.0619 e. The van der Waals surface area contributed by atoms with Crippen molar-refractivity contribution in [1.82, 2.24) is 0 Å². The van der Waals surface area contributed by atoms with Gasteiger partial charge in [-0.15, -0.1) is 0 Å². The Morgan fingerprint density at radius 3 is 1.91 bits per heavy atom. The minimum absolute atomic E-state index is 0.553. The largest absolute Gasteiger partial charge is 0.0636 e. The maximum absolute atomic E-state index is 9.68. The molecule has 9 rings (SSSR count). The molecule has 0 aliphatic heterocycles. The first-order valence-corrected chi connectivity index (χ1v) is 12.8. The first-order valence-electron chi connectivity index (χ1n) is 27.8. The molecule has 43 heavy (non-hydrogen) atoms. The zero-order chi connectivity index (χ0) is 54.6. The quantitative estimate of drug-likeness (QED) is 0.142. The summed E-state index contributed by atoms with van der Waals surface area (Å²) in [6.07, 6.45) is 0. The van der Waals surface area contributed by atoms with Crippen LogP contribution < -0.4 is 0 Å². The van der Waals surface area contributed by atoms with E-state index in [1.54, 1.807) is 0 Å². The summed E-state index contributed by atoms with van der Waals surface area (Å²) < 4.78 is 268. The lowest BCUT2D eigenvalue weighted by atomic mass is 9.81. The molecule has 202 valence electrons. The average molecular weight is 577 g/mol. The van der Waals surface area contributed by atoms with Gasteiger partial charge in [-0.1, -0.05) is 135 Å². The van der Waals surface area contributed by atoms with Gasteiger partial charge in [0.1, 0.15) is 0 Å². The van der Waals surface area contributed by atoms with Gasteiger partial charge in [0.05, 0.1) is 32.9 Å². The first-order chi connectivity index (χ1) is 33.6. The van der Waals surface area contributed by atoms with Crippen LogP contribution in [0.1, 0.15) is 66.0 Å². The third-order valence-electron chi connectivity index (χ3n) is 7.31. The molecular weight excluding hydrogens is 516 g/mol. The molecule has 0 fully saturated rings. The highest BCUT2D eigenvalue weighted by Gasteiger charge is 2.35. The fourth-order valence-corrected chi connectivity index (χ4v) is 5.34. The molecule has 0 atom stereocenters. The van der Waals surface area contributed by atoms with Crippen molar-refractivity contribution in [3.8, 4) is 33.4 Å². The molecule has 1 aliphatic rings. The van der Waals surface area contributed by atoms with Gasteiger partial charge in [-0.05, 0) is 112 Å². The molecule has 0 heteroatoms. The number of hydrogen-bond donors (Lipinski definition) is 0. The maximum Gasteiger partial charge on any atom is 0.0636 e. The fourth-order valence-electron chi connectivity index (χ4n) is 5.34. The second kappa shape index (κ2) is 8.90. The molecule has 8 aromatic rings. The monoisotopic (exact) mass is 576 g/mol. The van der Waals surface area contributed by atoms with Gasteiger partial charge in [-0.2, -0.15) is 0 Å². The average Bonchev–Trinajstić information content (AvgIpc) is 3.67. The lowest BCUT2D eigenvalue weighted by Gasteiger charge is -2.22. The van der Waals surface area contributed by atoms with Gasteiger partial charge in [0.15, 0.2) is 0 Å². The highest BCUT2D eigenvalue weighted by atomic mass is 14.4. The van der Waals surface area contributed by atoms with E-state index in [0.717, 1.165) is 0 Å². The van der Waals surface area contributed by atoms with E-state index in [9.17, 15) is 15.1 Å². The zero-order valence-corrected chi connectivity index (χ0v) is 21.5. The number of fused-ring (bicyclic) bond motifs is 8. The van der Waals surface area contributed by atoms with Gasteiger partial charge >= 0.3 is 0 Å². The van der Waals surface area contributed by atoms with Crippen LogP contribution in [0.2, 0.25) is 0 Å². The van der Waals surface area contributed by atoms with Crippen LogP contribution in [0.15, 0.2) is 145 Å². The molecule has 0 unspecified atom stereocenters. The van der Waals surface area contributed by atoms with E-state index in [0.29, 0.717) is 0 Å². The van der Waals surface area contributed by atoms with Crippen LogP contribution in [0.3, 0.4) is 0 Å². The molecular formula is C43H30. The van der Waals surface area contributed by atoms with E-state index in [-0.39, 0.29) is 0 Å². The van der Waals surface area contributed by atoms with E-state index >= 15 is 0 Å². The van der Waals surface area contributed by atoms with Gasteiger partial charge in [0.2, 0.25) is 0 Å². The topological polar surface area (TPSA) is 0 Å². The van der Waals surface area contributed by atoms with Crippen LogP contribution >= 0.6 is 0 Å². The van der Waals surface area contributed by atoms with Crippen LogP contribution in [0.25, 0.3) is 76.5 Å². The second-order valence-corrected chi connectivity index (χ2v) is 9.75. The Labute approximate surface area is 294 Å². The highest BCUT2D eigenvalue weighted by molar-refractivity contribution is 6.20. The molecule has 0 spiro atoms. The molecule has 0 nitrogen and oxygen atoms in total. The molecule has 0 amide bonds. The van der Waals surface area contributed by atoms with Crippen molar-refractivity contribution >= 4 is 43.1 Å². The Bertz CT molecular complexity index is 3960. The summed E-state index contributed by atoms with van der Waals surface area (Å²) in [4.78, 5) is 0. The van der Waals surface area contributed by atoms with Crippen LogP contribution in [-0.2, 0) is 5.41 Å². The van der Waals surface area contributed by atoms with Gasteiger partial charge in [-0.25, -0.2) is 0 Å². The normalized spacial score (nSPS) is 24.0. The summed E-state index contributed by atoms with van der Waals surface area (Å²) in [7, 11) is 0. The Morgan fingerprint density at radius 1 is 0.419 bits per heavy atom. The number of hydrogen-bond acceptors (Lipinski definition) is 0. The van der Waals surface area contributed by atoms with E-state index < -0.39 is 252 Å². The van der Waals surface area contributed by atoms with E-state index in [1.807, 2.05) is 0 Å². The standard InChI is InChI=1S/C43H30/c1-43(2)40-14-8-7-13-36(40)37-21-20-31(26-41(37)43)29-15-16-30-24-33(18-17-28(30)23-29)42-35-12-6-4-10-32(35)25-39-34-11-5-3-9-27(34)19-22-38(39)42/h3-26H,1-2H3/i1D3,2D3,3D,4D,5D,6D,7D,8D,9D,10D,11D,12D,13D,14D,15D,16D,17D,18D,19D,20D,21D,22D,23D,24D,25D,26D. The molecule has 0 N–H and O–H groups in total. The predicted molar refractivity (Wildman–Crippen MR) is 185 cm³/mol. The van der Waals surface area contributed by atoms with Gasteiger partial charge in [0.25, 0.3) is 0 Å². The number of benzene rings is 8. The maximum atomic E-state index is 9.68. The van der Waals surface area contributed by atoms with Crippen molar-refractivity contribution in [3.05, 3.63) is 156 Å². The SMILES string of the molecule is [2H]c1c([2H])c([2H])c2c(c1[2H])-c1c([2H])c([2H])c(-c3c([2H])c([2H])c4c([2H])c(-c5c6c([2H])c([2H])c([2H])c([2H])c6c([2H])c6c5c([2H])c([2H])c5c([2H])c([2H])c([2H])c([2H])c56)c([2H])c([2H])c4c3[2H])c([2H])c1C2(C([2H])([2H])[2H])C([2H])([2H])[2H]. The van der Waals surface area contributed by atoms with Crippen LogP contribution in [0, 0.1) is 0 Å². The van der Waals surface area contributed by atoms with E-state index in [4.69, 9.17) is 26.0 Å².